The van der Waals surface area contributed by atoms with Crippen molar-refractivity contribution in [2.45, 2.75) is 141 Å². The van der Waals surface area contributed by atoms with Crippen molar-refractivity contribution in [3.63, 3.8) is 0 Å². The van der Waals surface area contributed by atoms with E-state index in [0.29, 0.717) is 51.0 Å². The van der Waals surface area contributed by atoms with Gasteiger partial charge in [-0.15, -0.1) is 0 Å². The number of ether oxygens (including phenoxy) is 5. The van der Waals surface area contributed by atoms with Gasteiger partial charge >= 0.3 is 5.97 Å². The Labute approximate surface area is 241 Å². The molecule has 0 radical (unpaired) electrons. The summed E-state index contributed by atoms with van der Waals surface area (Å²) in [5.74, 6) is -0.158. The zero-order valence-corrected chi connectivity index (χ0v) is 25.1. The lowest BCUT2D eigenvalue weighted by atomic mass is 9.86. The molecule has 2 unspecified atom stereocenters. The normalized spacial score (nSPS) is 30.8. The number of hydrogen-bond donors (Lipinski definition) is 1. The molecule has 1 saturated carbocycles. The van der Waals surface area contributed by atoms with Crippen molar-refractivity contribution in [1.29, 1.82) is 0 Å². The minimum absolute atomic E-state index is 0.103. The van der Waals surface area contributed by atoms with Crippen molar-refractivity contribution in [2.24, 2.45) is 17.8 Å². The predicted octanol–water partition coefficient (Wildman–Crippen LogP) is 5.88. The fourth-order valence-corrected chi connectivity index (χ4v) is 6.15. The Morgan fingerprint density at radius 1 is 1.00 bits per heavy atom. The molecule has 8 heteroatoms. The number of aliphatic hydroxyl groups is 1. The van der Waals surface area contributed by atoms with Crippen LogP contribution < -0.4 is 0 Å². The highest BCUT2D eigenvalue weighted by atomic mass is 16.7. The largest absolute Gasteiger partial charge is 0.469 e. The first-order valence-electron chi connectivity index (χ1n) is 15.9. The fourth-order valence-electron chi connectivity index (χ4n) is 6.15. The number of rotatable bonds is 17. The summed E-state index contributed by atoms with van der Waals surface area (Å²) in [6.45, 7) is 5.87. The number of hydrogen-bond acceptors (Lipinski definition) is 8. The molecule has 1 N–H and O–H groups in total. The fraction of sp³-hybridized carbons (Fsp3) is 0.875. The maximum atomic E-state index is 13.0. The molecule has 0 aromatic rings. The van der Waals surface area contributed by atoms with Gasteiger partial charge in [0.25, 0.3) is 0 Å². The molecule has 8 atom stereocenters. The first-order chi connectivity index (χ1) is 19.4. The van der Waals surface area contributed by atoms with E-state index in [2.05, 4.69) is 26.0 Å². The Morgan fingerprint density at radius 2 is 1.70 bits per heavy atom. The molecule has 0 aromatic heterocycles. The van der Waals surface area contributed by atoms with Crippen molar-refractivity contribution >= 4 is 11.8 Å². The highest BCUT2D eigenvalue weighted by Gasteiger charge is 2.44. The number of unbranched alkanes of at least 4 members (excludes halogenated alkanes) is 2. The topological polar surface area (TPSA) is 101 Å². The standard InChI is InChI=1S/C32H54O8/c1-4-5-12-23(2)28(39-31-15-8-10-19-37-31)18-17-25-26(21-24(33)13-6-7-14-30(35)36-3)27(34)22-29(25)40-32-16-9-11-20-38-32/h17-18,23,25-29,31-32,34H,4-16,19-22H2,1-3H3/b18-17+/t23-,25+,26+,27-,28+,29+,31?,32?/m0/s1. The van der Waals surface area contributed by atoms with Crippen LogP contribution in [-0.2, 0) is 33.3 Å². The lowest BCUT2D eigenvalue weighted by Gasteiger charge is -2.31. The lowest BCUT2D eigenvalue weighted by Crippen LogP contribution is -2.32. The summed E-state index contributed by atoms with van der Waals surface area (Å²) in [6, 6.07) is 0. The Bertz CT molecular complexity index is 758. The molecule has 2 saturated heterocycles. The smallest absolute Gasteiger partial charge is 0.305 e. The molecule has 0 amide bonds. The van der Waals surface area contributed by atoms with Gasteiger partial charge in [-0.3, -0.25) is 9.59 Å². The molecule has 2 aliphatic heterocycles. The van der Waals surface area contributed by atoms with E-state index in [-0.39, 0.29) is 48.4 Å². The first kappa shape index (κ1) is 33.2. The Hall–Kier alpha value is -1.32. The highest BCUT2D eigenvalue weighted by Crippen LogP contribution is 2.40. The summed E-state index contributed by atoms with van der Waals surface area (Å²) in [7, 11) is 1.38. The van der Waals surface area contributed by atoms with E-state index in [9.17, 15) is 14.7 Å². The van der Waals surface area contributed by atoms with E-state index in [1.807, 2.05) is 0 Å². The number of carbonyl (C=O) groups is 2. The van der Waals surface area contributed by atoms with Gasteiger partial charge in [0.2, 0.25) is 0 Å². The van der Waals surface area contributed by atoms with Crippen molar-refractivity contribution in [2.75, 3.05) is 20.3 Å². The van der Waals surface area contributed by atoms with Gasteiger partial charge in [-0.05, 0) is 63.7 Å². The van der Waals surface area contributed by atoms with Crippen LogP contribution in [0.2, 0.25) is 0 Å². The predicted molar refractivity (Wildman–Crippen MR) is 152 cm³/mol. The molecule has 8 nitrogen and oxygen atoms in total. The van der Waals surface area contributed by atoms with Crippen LogP contribution in [0.3, 0.4) is 0 Å². The molecule has 3 fully saturated rings. The summed E-state index contributed by atoms with van der Waals surface area (Å²) in [5, 5.41) is 11.1. The zero-order chi connectivity index (χ0) is 28.7. The number of Topliss-reactive ketones (excluding diaryl/α,β-unsaturated/α-hetero) is 1. The van der Waals surface area contributed by atoms with Crippen LogP contribution in [0.15, 0.2) is 12.2 Å². The number of aliphatic hydroxyl groups excluding tert-OH is 1. The van der Waals surface area contributed by atoms with E-state index in [1.165, 1.54) is 7.11 Å². The molecular formula is C32H54O8. The lowest BCUT2D eigenvalue weighted by molar-refractivity contribution is -0.193. The summed E-state index contributed by atoms with van der Waals surface area (Å²) in [5.41, 5.74) is 0. The summed E-state index contributed by atoms with van der Waals surface area (Å²) < 4.78 is 29.4. The van der Waals surface area contributed by atoms with Gasteiger partial charge in [-0.2, -0.15) is 0 Å². The van der Waals surface area contributed by atoms with Crippen molar-refractivity contribution in [3.05, 3.63) is 12.2 Å². The van der Waals surface area contributed by atoms with E-state index < -0.39 is 6.10 Å². The van der Waals surface area contributed by atoms with Crippen LogP contribution in [0.4, 0.5) is 0 Å². The van der Waals surface area contributed by atoms with E-state index >= 15 is 0 Å². The van der Waals surface area contributed by atoms with Crippen LogP contribution in [0.25, 0.3) is 0 Å². The summed E-state index contributed by atoms with van der Waals surface area (Å²) in [4.78, 5) is 24.4. The van der Waals surface area contributed by atoms with Crippen molar-refractivity contribution < 1.29 is 38.4 Å². The molecule has 40 heavy (non-hydrogen) atoms. The van der Waals surface area contributed by atoms with Gasteiger partial charge in [0.15, 0.2) is 12.6 Å². The van der Waals surface area contributed by atoms with Gasteiger partial charge < -0.3 is 28.8 Å². The molecule has 3 aliphatic rings. The van der Waals surface area contributed by atoms with Crippen LogP contribution in [0, 0.1) is 17.8 Å². The number of esters is 1. The van der Waals surface area contributed by atoms with Crippen LogP contribution in [0.5, 0.6) is 0 Å². The third-order valence-electron chi connectivity index (χ3n) is 8.68. The monoisotopic (exact) mass is 566 g/mol. The number of carbonyl (C=O) groups excluding carboxylic acids is 2. The van der Waals surface area contributed by atoms with Crippen LogP contribution in [-0.4, -0.2) is 68.1 Å². The molecular weight excluding hydrogens is 512 g/mol. The molecule has 2 heterocycles. The van der Waals surface area contributed by atoms with Crippen molar-refractivity contribution in [1.82, 2.24) is 0 Å². The van der Waals surface area contributed by atoms with Crippen LogP contribution in [0.1, 0.15) is 110 Å². The minimum atomic E-state index is -0.624. The van der Waals surface area contributed by atoms with Gasteiger partial charge in [0, 0.05) is 50.7 Å². The average Bonchev–Trinajstić information content (AvgIpc) is 3.25. The summed E-state index contributed by atoms with van der Waals surface area (Å²) in [6.07, 6.45) is 15.1. The highest BCUT2D eigenvalue weighted by molar-refractivity contribution is 5.78. The zero-order valence-electron chi connectivity index (χ0n) is 25.1. The SMILES string of the molecule is CCCC[C@H](C)[C@@H](/C=C/[C@@H]1[C@@H](CC(=O)CCCCC(=O)OC)[C@@H](O)C[C@H]1OC1CCCCO1)OC1CCCCO1. The third-order valence-corrected chi connectivity index (χ3v) is 8.68. The second kappa shape index (κ2) is 18.3. The second-order valence-electron chi connectivity index (χ2n) is 11.9. The first-order valence-corrected chi connectivity index (χ1v) is 15.9. The Morgan fingerprint density at radius 3 is 2.35 bits per heavy atom. The molecule has 0 bridgehead atoms. The Balaban J connectivity index is 1.70. The van der Waals surface area contributed by atoms with E-state index in [1.54, 1.807) is 0 Å². The number of methoxy groups -OCH3 is 1. The second-order valence-corrected chi connectivity index (χ2v) is 11.9. The third kappa shape index (κ3) is 11.2. The molecule has 230 valence electrons. The molecule has 0 aromatic carbocycles. The van der Waals surface area contributed by atoms with Crippen LogP contribution >= 0.6 is 0 Å². The maximum absolute atomic E-state index is 13.0. The molecule has 1 aliphatic carbocycles. The minimum Gasteiger partial charge on any atom is -0.469 e. The van der Waals surface area contributed by atoms with Gasteiger partial charge in [0.05, 0.1) is 25.4 Å². The summed E-state index contributed by atoms with van der Waals surface area (Å²) >= 11 is 0. The molecule has 3 rings (SSSR count). The van der Waals surface area contributed by atoms with Gasteiger partial charge in [-0.25, -0.2) is 0 Å². The van der Waals surface area contributed by atoms with Gasteiger partial charge in [-0.1, -0.05) is 38.8 Å². The molecule has 0 spiro atoms. The van der Waals surface area contributed by atoms with Gasteiger partial charge in [0.1, 0.15) is 5.78 Å². The van der Waals surface area contributed by atoms with Crippen molar-refractivity contribution in [3.8, 4) is 0 Å². The quantitative estimate of drug-likeness (QED) is 0.132. The van der Waals surface area contributed by atoms with E-state index in [0.717, 1.165) is 64.4 Å². The Kier molecular flexibility index (Phi) is 15.2. The van der Waals surface area contributed by atoms with E-state index in [4.69, 9.17) is 23.7 Å². The maximum Gasteiger partial charge on any atom is 0.305 e. The number of ketones is 1. The average molecular weight is 567 g/mol.